The Morgan fingerprint density at radius 3 is 2.44 bits per heavy atom. The van der Waals surface area contributed by atoms with Gasteiger partial charge in [-0.1, -0.05) is 31.2 Å². The van der Waals surface area contributed by atoms with Crippen LogP contribution in [0.3, 0.4) is 0 Å². The fourth-order valence-electron chi connectivity index (χ4n) is 2.35. The first-order valence-corrected chi connectivity index (χ1v) is 6.14. The molecule has 1 aliphatic heterocycles. The molecule has 0 aromatic heterocycles. The zero-order chi connectivity index (χ0) is 11.4. The summed E-state index contributed by atoms with van der Waals surface area (Å²) in [5.41, 5.74) is 8.86. The maximum absolute atomic E-state index is 5.89. The minimum atomic E-state index is 0.188. The van der Waals surface area contributed by atoms with Gasteiger partial charge in [0.15, 0.2) is 0 Å². The van der Waals surface area contributed by atoms with E-state index in [1.807, 2.05) is 0 Å². The van der Waals surface area contributed by atoms with Gasteiger partial charge in [-0.2, -0.15) is 0 Å². The lowest BCUT2D eigenvalue weighted by Gasteiger charge is -2.25. The van der Waals surface area contributed by atoms with E-state index in [9.17, 15) is 0 Å². The van der Waals surface area contributed by atoms with Crippen LogP contribution in [0.4, 0.5) is 0 Å². The van der Waals surface area contributed by atoms with E-state index in [-0.39, 0.29) is 5.41 Å². The Labute approximate surface area is 97.8 Å². The van der Waals surface area contributed by atoms with E-state index >= 15 is 0 Å². The van der Waals surface area contributed by atoms with Crippen molar-refractivity contribution in [3.8, 4) is 0 Å². The second kappa shape index (κ2) is 4.98. The molecule has 0 radical (unpaired) electrons. The SMILES string of the molecule is CCc1ccc(CC2(CN)CCOC2)cc1. The summed E-state index contributed by atoms with van der Waals surface area (Å²) in [4.78, 5) is 0. The summed E-state index contributed by atoms with van der Waals surface area (Å²) in [7, 11) is 0. The normalized spacial score (nSPS) is 24.9. The second-order valence-electron chi connectivity index (χ2n) is 4.85. The number of aryl methyl sites for hydroxylation is 1. The van der Waals surface area contributed by atoms with Gasteiger partial charge in [-0.05, 0) is 30.4 Å². The van der Waals surface area contributed by atoms with E-state index in [0.29, 0.717) is 0 Å². The Morgan fingerprint density at radius 2 is 1.94 bits per heavy atom. The topological polar surface area (TPSA) is 35.2 Å². The largest absolute Gasteiger partial charge is 0.381 e. The molecule has 0 amide bonds. The Bertz CT molecular complexity index is 325. The fraction of sp³-hybridized carbons (Fsp3) is 0.571. The molecule has 0 spiro atoms. The molecule has 0 saturated carbocycles. The van der Waals surface area contributed by atoms with Crippen LogP contribution < -0.4 is 5.73 Å². The Hall–Kier alpha value is -0.860. The quantitative estimate of drug-likeness (QED) is 0.842. The highest BCUT2D eigenvalue weighted by Gasteiger charge is 2.33. The number of nitrogens with two attached hydrogens (primary N) is 1. The first kappa shape index (κ1) is 11.6. The molecule has 1 saturated heterocycles. The maximum atomic E-state index is 5.89. The predicted molar refractivity (Wildman–Crippen MR) is 66.4 cm³/mol. The monoisotopic (exact) mass is 219 g/mol. The van der Waals surface area contributed by atoms with Crippen molar-refractivity contribution in [1.29, 1.82) is 0 Å². The molecule has 0 bridgehead atoms. The first-order chi connectivity index (χ1) is 7.78. The van der Waals surface area contributed by atoms with Gasteiger partial charge in [0.2, 0.25) is 0 Å². The van der Waals surface area contributed by atoms with Gasteiger partial charge in [0.05, 0.1) is 6.61 Å². The maximum Gasteiger partial charge on any atom is 0.0538 e. The number of benzene rings is 1. The third kappa shape index (κ3) is 2.45. The smallest absolute Gasteiger partial charge is 0.0538 e. The average Bonchev–Trinajstić information content (AvgIpc) is 2.79. The molecule has 2 N–H and O–H groups in total. The predicted octanol–water partition coefficient (Wildman–Crippen LogP) is 2.16. The van der Waals surface area contributed by atoms with Gasteiger partial charge >= 0.3 is 0 Å². The standard InChI is InChI=1S/C14H21NO/c1-2-12-3-5-13(6-4-12)9-14(10-15)7-8-16-11-14/h3-6H,2,7-11,15H2,1H3. The summed E-state index contributed by atoms with van der Waals surface area (Å²) in [6.45, 7) is 4.59. The Morgan fingerprint density at radius 1 is 1.25 bits per heavy atom. The summed E-state index contributed by atoms with van der Waals surface area (Å²) in [5, 5.41) is 0. The molecule has 0 aliphatic carbocycles. The molecule has 1 fully saturated rings. The molecule has 1 aromatic carbocycles. The summed E-state index contributed by atoms with van der Waals surface area (Å²) in [5.74, 6) is 0. The van der Waals surface area contributed by atoms with Gasteiger partial charge in [0, 0.05) is 18.6 Å². The van der Waals surface area contributed by atoms with Crippen LogP contribution in [0.15, 0.2) is 24.3 Å². The summed E-state index contributed by atoms with van der Waals surface area (Å²) in [6.07, 6.45) is 3.25. The van der Waals surface area contributed by atoms with Crippen molar-refractivity contribution in [3.05, 3.63) is 35.4 Å². The molecule has 88 valence electrons. The average molecular weight is 219 g/mol. The first-order valence-electron chi connectivity index (χ1n) is 6.14. The van der Waals surface area contributed by atoms with E-state index in [1.54, 1.807) is 0 Å². The van der Waals surface area contributed by atoms with Gasteiger partial charge in [-0.25, -0.2) is 0 Å². The molecule has 1 unspecified atom stereocenters. The number of hydrogen-bond donors (Lipinski definition) is 1. The lowest BCUT2D eigenvalue weighted by molar-refractivity contribution is 0.154. The molecule has 2 heteroatoms. The van der Waals surface area contributed by atoms with Crippen LogP contribution in [-0.4, -0.2) is 19.8 Å². The molecular weight excluding hydrogens is 198 g/mol. The summed E-state index contributed by atoms with van der Waals surface area (Å²) < 4.78 is 5.49. The molecule has 1 aliphatic rings. The lowest BCUT2D eigenvalue weighted by atomic mass is 9.81. The van der Waals surface area contributed by atoms with E-state index in [0.717, 1.165) is 39.0 Å². The minimum Gasteiger partial charge on any atom is -0.381 e. The molecule has 2 nitrogen and oxygen atoms in total. The van der Waals surface area contributed by atoms with Crippen LogP contribution in [0.25, 0.3) is 0 Å². The highest BCUT2D eigenvalue weighted by atomic mass is 16.5. The molecule has 1 atom stereocenters. The molecule has 1 heterocycles. The zero-order valence-electron chi connectivity index (χ0n) is 10.0. The van der Waals surface area contributed by atoms with Crippen molar-refractivity contribution in [1.82, 2.24) is 0 Å². The molecular formula is C14H21NO. The van der Waals surface area contributed by atoms with Crippen LogP contribution >= 0.6 is 0 Å². The van der Waals surface area contributed by atoms with Crippen molar-refractivity contribution in [3.63, 3.8) is 0 Å². The number of hydrogen-bond acceptors (Lipinski definition) is 2. The van der Waals surface area contributed by atoms with Gasteiger partial charge in [-0.3, -0.25) is 0 Å². The van der Waals surface area contributed by atoms with E-state index in [1.165, 1.54) is 11.1 Å². The van der Waals surface area contributed by atoms with Crippen LogP contribution in [0, 0.1) is 5.41 Å². The van der Waals surface area contributed by atoms with Crippen molar-refractivity contribution in [2.75, 3.05) is 19.8 Å². The van der Waals surface area contributed by atoms with E-state index < -0.39 is 0 Å². The van der Waals surface area contributed by atoms with Crippen LogP contribution in [0.2, 0.25) is 0 Å². The molecule has 2 rings (SSSR count). The number of ether oxygens (including phenoxy) is 1. The number of rotatable bonds is 4. The van der Waals surface area contributed by atoms with Crippen molar-refractivity contribution in [2.45, 2.75) is 26.2 Å². The van der Waals surface area contributed by atoms with Crippen molar-refractivity contribution >= 4 is 0 Å². The molecule has 16 heavy (non-hydrogen) atoms. The van der Waals surface area contributed by atoms with Crippen molar-refractivity contribution < 1.29 is 4.74 Å². The summed E-state index contributed by atoms with van der Waals surface area (Å²) >= 11 is 0. The van der Waals surface area contributed by atoms with Crippen LogP contribution in [0.1, 0.15) is 24.5 Å². The zero-order valence-corrected chi connectivity index (χ0v) is 10.0. The van der Waals surface area contributed by atoms with Gasteiger partial charge in [-0.15, -0.1) is 0 Å². The van der Waals surface area contributed by atoms with Gasteiger partial charge in [0.25, 0.3) is 0 Å². The summed E-state index contributed by atoms with van der Waals surface area (Å²) in [6, 6.07) is 8.90. The van der Waals surface area contributed by atoms with Crippen LogP contribution in [0.5, 0.6) is 0 Å². The fourth-order valence-corrected chi connectivity index (χ4v) is 2.35. The van der Waals surface area contributed by atoms with Gasteiger partial charge < -0.3 is 10.5 Å². The highest BCUT2D eigenvalue weighted by Crippen LogP contribution is 2.31. The highest BCUT2D eigenvalue weighted by molar-refractivity contribution is 5.23. The third-order valence-corrected chi connectivity index (χ3v) is 3.63. The third-order valence-electron chi connectivity index (χ3n) is 3.63. The lowest BCUT2D eigenvalue weighted by Crippen LogP contribution is -2.33. The van der Waals surface area contributed by atoms with E-state index in [2.05, 4.69) is 31.2 Å². The van der Waals surface area contributed by atoms with Gasteiger partial charge in [0.1, 0.15) is 0 Å². The Balaban J connectivity index is 2.07. The molecule has 1 aromatic rings. The second-order valence-corrected chi connectivity index (χ2v) is 4.85. The van der Waals surface area contributed by atoms with Crippen molar-refractivity contribution in [2.24, 2.45) is 11.1 Å². The Kier molecular flexibility index (Phi) is 3.62. The minimum absolute atomic E-state index is 0.188. The van der Waals surface area contributed by atoms with Crippen LogP contribution in [-0.2, 0) is 17.6 Å². The van der Waals surface area contributed by atoms with E-state index in [4.69, 9.17) is 10.5 Å².